The second-order valence-corrected chi connectivity index (χ2v) is 10.8. The van der Waals surface area contributed by atoms with Crippen molar-refractivity contribution < 1.29 is 29.0 Å². The van der Waals surface area contributed by atoms with Crippen LogP contribution in [0.25, 0.3) is 0 Å². The molecule has 1 aromatic rings. The van der Waals surface area contributed by atoms with Crippen molar-refractivity contribution in [2.45, 2.75) is 70.1 Å². The number of likely N-dealkylation sites (tertiary alicyclic amines) is 1. The van der Waals surface area contributed by atoms with E-state index in [9.17, 15) is 24.3 Å². The second-order valence-electron chi connectivity index (χ2n) is 9.79. The van der Waals surface area contributed by atoms with Crippen molar-refractivity contribution in [3.63, 3.8) is 0 Å². The van der Waals surface area contributed by atoms with Gasteiger partial charge < -0.3 is 25.4 Å². The molecular weight excluding hydrogens is 470 g/mol. The van der Waals surface area contributed by atoms with E-state index in [1.54, 1.807) is 25.7 Å². The first-order chi connectivity index (χ1) is 16.4. The highest BCUT2D eigenvalue weighted by molar-refractivity contribution is 7.98. The van der Waals surface area contributed by atoms with Crippen LogP contribution in [0.4, 0.5) is 4.79 Å². The number of nitrogens with one attached hydrogen (secondary N) is 2. The Bertz CT molecular complexity index is 894. The van der Waals surface area contributed by atoms with Gasteiger partial charge in [0, 0.05) is 13.1 Å². The maximum Gasteiger partial charge on any atom is 0.410 e. The summed E-state index contributed by atoms with van der Waals surface area (Å²) < 4.78 is 5.48. The fraction of sp³-hybridized carbons (Fsp3) is 0.600. The lowest BCUT2D eigenvalue weighted by Gasteiger charge is -2.41. The van der Waals surface area contributed by atoms with Crippen molar-refractivity contribution in [1.29, 1.82) is 0 Å². The first-order valence-corrected chi connectivity index (χ1v) is 13.2. The van der Waals surface area contributed by atoms with Gasteiger partial charge >= 0.3 is 12.1 Å². The third-order valence-electron chi connectivity index (χ3n) is 6.00. The number of rotatable bonds is 9. The lowest BCUT2D eigenvalue weighted by atomic mass is 9.72. The van der Waals surface area contributed by atoms with E-state index in [2.05, 4.69) is 10.6 Å². The Kier molecular flexibility index (Phi) is 10.00. The Labute approximate surface area is 211 Å². The molecule has 10 heteroatoms. The van der Waals surface area contributed by atoms with Crippen LogP contribution in [0.2, 0.25) is 0 Å². The van der Waals surface area contributed by atoms with Gasteiger partial charge in [-0.1, -0.05) is 30.3 Å². The van der Waals surface area contributed by atoms with Crippen LogP contribution in [0.15, 0.2) is 30.3 Å². The molecule has 0 spiro atoms. The van der Waals surface area contributed by atoms with E-state index in [-0.39, 0.29) is 12.3 Å². The van der Waals surface area contributed by atoms with Crippen molar-refractivity contribution in [3.05, 3.63) is 35.9 Å². The lowest BCUT2D eigenvalue weighted by Crippen LogP contribution is -2.57. The predicted molar refractivity (Wildman–Crippen MR) is 135 cm³/mol. The van der Waals surface area contributed by atoms with Gasteiger partial charge in [0.25, 0.3) is 0 Å². The minimum Gasteiger partial charge on any atom is -0.480 e. The topological polar surface area (TPSA) is 125 Å². The lowest BCUT2D eigenvalue weighted by molar-refractivity contribution is -0.142. The molecule has 2 unspecified atom stereocenters. The maximum atomic E-state index is 13.6. The molecule has 2 rings (SSSR count). The average Bonchev–Trinajstić information content (AvgIpc) is 2.80. The summed E-state index contributed by atoms with van der Waals surface area (Å²) in [4.78, 5) is 51.9. The number of ether oxygens (including phenoxy) is 1. The van der Waals surface area contributed by atoms with E-state index in [4.69, 9.17) is 4.74 Å². The Balaban J connectivity index is 2.15. The number of carbonyl (C=O) groups excluding carboxylic acids is 3. The molecule has 1 aliphatic rings. The zero-order valence-electron chi connectivity index (χ0n) is 21.1. The number of benzene rings is 1. The van der Waals surface area contributed by atoms with Crippen LogP contribution >= 0.6 is 11.8 Å². The monoisotopic (exact) mass is 507 g/mol. The molecule has 0 bridgehead atoms. The third-order valence-corrected chi connectivity index (χ3v) is 6.64. The predicted octanol–water partition coefficient (Wildman–Crippen LogP) is 2.78. The SMILES string of the molecule is CSCCC(NC(=O)C(C)NC(=O)C1(c2ccccc2)CCN(C(=O)OC(C)(C)C)CC1)C(=O)O. The van der Waals surface area contributed by atoms with E-state index in [0.29, 0.717) is 31.7 Å². The fourth-order valence-corrected chi connectivity index (χ4v) is 4.46. The Morgan fingerprint density at radius 1 is 1.11 bits per heavy atom. The summed E-state index contributed by atoms with van der Waals surface area (Å²) in [7, 11) is 0. The van der Waals surface area contributed by atoms with Crippen LogP contribution in [-0.2, 0) is 24.5 Å². The second kappa shape index (κ2) is 12.3. The quantitative estimate of drug-likeness (QED) is 0.469. The molecule has 1 fully saturated rings. The van der Waals surface area contributed by atoms with Gasteiger partial charge in [0.15, 0.2) is 0 Å². The van der Waals surface area contributed by atoms with Crippen molar-refractivity contribution in [1.82, 2.24) is 15.5 Å². The van der Waals surface area contributed by atoms with E-state index in [0.717, 1.165) is 5.56 Å². The van der Waals surface area contributed by atoms with Crippen molar-refractivity contribution in [2.75, 3.05) is 25.1 Å². The number of nitrogens with zero attached hydrogens (tertiary/aromatic N) is 1. The summed E-state index contributed by atoms with van der Waals surface area (Å²) in [5.41, 5.74) is -0.744. The molecule has 1 aliphatic heterocycles. The molecule has 35 heavy (non-hydrogen) atoms. The van der Waals surface area contributed by atoms with Crippen LogP contribution in [0, 0.1) is 0 Å². The zero-order valence-corrected chi connectivity index (χ0v) is 21.9. The molecule has 1 heterocycles. The summed E-state index contributed by atoms with van der Waals surface area (Å²) in [6.45, 7) is 7.60. The summed E-state index contributed by atoms with van der Waals surface area (Å²) >= 11 is 1.49. The minimum absolute atomic E-state index is 0.289. The Hall–Kier alpha value is -2.75. The van der Waals surface area contributed by atoms with Crippen LogP contribution in [0.1, 0.15) is 52.5 Å². The fourth-order valence-electron chi connectivity index (χ4n) is 3.99. The number of hydrogen-bond donors (Lipinski definition) is 3. The van der Waals surface area contributed by atoms with Crippen molar-refractivity contribution in [3.8, 4) is 0 Å². The highest BCUT2D eigenvalue weighted by atomic mass is 32.2. The normalized spacial score (nSPS) is 17.1. The smallest absolute Gasteiger partial charge is 0.410 e. The van der Waals surface area contributed by atoms with E-state index < -0.39 is 41.1 Å². The number of hydrogen-bond acceptors (Lipinski definition) is 6. The molecule has 194 valence electrons. The first kappa shape index (κ1) is 28.5. The highest BCUT2D eigenvalue weighted by Gasteiger charge is 2.45. The van der Waals surface area contributed by atoms with Gasteiger partial charge in [-0.05, 0) is 64.5 Å². The summed E-state index contributed by atoms with van der Waals surface area (Å²) in [6.07, 6.45) is 2.46. The average molecular weight is 508 g/mol. The molecule has 1 saturated heterocycles. The zero-order chi connectivity index (χ0) is 26.2. The van der Waals surface area contributed by atoms with Crippen LogP contribution in [0.5, 0.6) is 0 Å². The van der Waals surface area contributed by atoms with Gasteiger partial charge in [0.05, 0.1) is 5.41 Å². The van der Waals surface area contributed by atoms with Gasteiger partial charge in [0.2, 0.25) is 11.8 Å². The molecule has 9 nitrogen and oxygen atoms in total. The Morgan fingerprint density at radius 3 is 2.23 bits per heavy atom. The van der Waals surface area contributed by atoms with E-state index in [1.165, 1.54) is 18.7 Å². The van der Waals surface area contributed by atoms with E-state index >= 15 is 0 Å². The van der Waals surface area contributed by atoms with Gasteiger partial charge in [-0.3, -0.25) is 9.59 Å². The number of aliphatic carboxylic acids is 1. The Morgan fingerprint density at radius 2 is 1.71 bits per heavy atom. The number of carbonyl (C=O) groups is 4. The van der Waals surface area contributed by atoms with Crippen molar-refractivity contribution in [2.24, 2.45) is 0 Å². The molecule has 2 atom stereocenters. The summed E-state index contributed by atoms with van der Waals surface area (Å²) in [5.74, 6) is -1.41. The molecule has 0 aliphatic carbocycles. The number of piperidine rings is 1. The van der Waals surface area contributed by atoms with Crippen molar-refractivity contribution >= 4 is 35.6 Å². The van der Waals surface area contributed by atoms with Gasteiger partial charge in [-0.2, -0.15) is 11.8 Å². The van der Waals surface area contributed by atoms with E-state index in [1.807, 2.05) is 36.6 Å². The maximum absolute atomic E-state index is 13.6. The number of amides is 3. The van der Waals surface area contributed by atoms with Crippen LogP contribution < -0.4 is 10.6 Å². The minimum atomic E-state index is -1.11. The number of carboxylic acid groups (broad SMARTS) is 1. The van der Waals surface area contributed by atoms with Gasteiger partial charge in [0.1, 0.15) is 17.7 Å². The van der Waals surface area contributed by atoms with Gasteiger partial charge in [-0.25, -0.2) is 9.59 Å². The molecule has 3 amide bonds. The third kappa shape index (κ3) is 7.88. The van der Waals surface area contributed by atoms with Crippen LogP contribution in [0.3, 0.4) is 0 Å². The van der Waals surface area contributed by atoms with Crippen LogP contribution in [-0.4, -0.2) is 76.7 Å². The molecule has 0 saturated carbocycles. The highest BCUT2D eigenvalue weighted by Crippen LogP contribution is 2.36. The molecule has 3 N–H and O–H groups in total. The standard InChI is InChI=1S/C25H37N3O6S/c1-17(20(29)27-19(21(30)31)11-16-35-5)26-22(32)25(18-9-7-6-8-10-18)12-14-28(15-13-25)23(33)34-24(2,3)4/h6-10,17,19H,11-16H2,1-5H3,(H,26,32)(H,27,29)(H,30,31). The first-order valence-electron chi connectivity index (χ1n) is 11.8. The molecular formula is C25H37N3O6S. The summed E-state index contributed by atoms with van der Waals surface area (Å²) in [6, 6.07) is 7.36. The largest absolute Gasteiger partial charge is 0.480 e. The molecule has 0 aromatic heterocycles. The number of thioether (sulfide) groups is 1. The number of carboxylic acids is 1. The van der Waals surface area contributed by atoms with Gasteiger partial charge in [-0.15, -0.1) is 0 Å². The molecule has 0 radical (unpaired) electrons. The summed E-state index contributed by atoms with van der Waals surface area (Å²) in [5, 5.41) is 14.7. The molecule has 1 aromatic carbocycles.